The first-order valence-electron chi connectivity index (χ1n) is 10.5. The van der Waals surface area contributed by atoms with Crippen molar-refractivity contribution in [3.05, 3.63) is 52.1 Å². The molecule has 9 heteroatoms. The van der Waals surface area contributed by atoms with Crippen LogP contribution in [0.4, 0.5) is 5.13 Å². The molecule has 0 unspecified atom stereocenters. The highest BCUT2D eigenvalue weighted by molar-refractivity contribution is 7.21. The fourth-order valence-electron chi connectivity index (χ4n) is 3.86. The molecule has 8 nitrogen and oxygen atoms in total. The van der Waals surface area contributed by atoms with Gasteiger partial charge in [-0.15, -0.1) is 0 Å². The van der Waals surface area contributed by atoms with Crippen LogP contribution in [-0.2, 0) is 18.4 Å². The summed E-state index contributed by atoms with van der Waals surface area (Å²) < 4.78 is 1.57. The predicted molar refractivity (Wildman–Crippen MR) is 123 cm³/mol. The van der Waals surface area contributed by atoms with Crippen LogP contribution < -0.4 is 15.8 Å². The van der Waals surface area contributed by atoms with E-state index in [-0.39, 0.29) is 23.6 Å². The molecule has 31 heavy (non-hydrogen) atoms. The number of hydrogen-bond acceptors (Lipinski definition) is 7. The molecule has 1 fully saturated rings. The van der Waals surface area contributed by atoms with Crippen molar-refractivity contribution in [3.8, 4) is 0 Å². The zero-order chi connectivity index (χ0) is 22.1. The average Bonchev–Trinajstić information content (AvgIpc) is 3.42. The molecule has 0 radical (unpaired) electrons. The number of carbonyl (C=O) groups is 1. The van der Waals surface area contributed by atoms with E-state index in [0.29, 0.717) is 27.8 Å². The molecule has 3 heterocycles. The second-order valence-electron chi connectivity index (χ2n) is 8.18. The summed E-state index contributed by atoms with van der Waals surface area (Å²) in [5.41, 5.74) is 1.28. The molecule has 0 saturated carbocycles. The Kier molecular flexibility index (Phi) is 6.06. The lowest BCUT2D eigenvalue weighted by molar-refractivity contribution is -0.122. The summed E-state index contributed by atoms with van der Waals surface area (Å²) in [6.45, 7) is 3.26. The quantitative estimate of drug-likeness (QED) is 0.633. The van der Waals surface area contributed by atoms with Gasteiger partial charge in [0.15, 0.2) is 15.5 Å². The van der Waals surface area contributed by atoms with Crippen LogP contribution in [0.3, 0.4) is 0 Å². The van der Waals surface area contributed by atoms with Crippen LogP contribution >= 0.6 is 11.3 Å². The maximum atomic E-state index is 12.9. The van der Waals surface area contributed by atoms with Gasteiger partial charge in [0.2, 0.25) is 5.91 Å². The number of anilines is 1. The van der Waals surface area contributed by atoms with E-state index in [2.05, 4.69) is 10.3 Å². The topological polar surface area (TPSA) is 83.4 Å². The Labute approximate surface area is 185 Å². The Morgan fingerprint density at radius 1 is 1.29 bits per heavy atom. The van der Waals surface area contributed by atoms with Gasteiger partial charge in [-0.25, -0.2) is 9.97 Å². The molecule has 1 aromatic carbocycles. The largest absolute Gasteiger partial charge is 0.350 e. The van der Waals surface area contributed by atoms with Crippen molar-refractivity contribution in [1.29, 1.82) is 0 Å². The third kappa shape index (κ3) is 4.20. The Hall–Kier alpha value is -2.78. The Morgan fingerprint density at radius 3 is 2.74 bits per heavy atom. The van der Waals surface area contributed by atoms with Crippen LogP contribution in [0.15, 0.2) is 35.1 Å². The summed E-state index contributed by atoms with van der Waals surface area (Å²) in [5.74, 6) is 0.694. The average molecular weight is 441 g/mol. The molecule has 1 aliphatic heterocycles. The van der Waals surface area contributed by atoms with E-state index in [0.717, 1.165) is 24.9 Å². The van der Waals surface area contributed by atoms with E-state index in [1.165, 1.54) is 11.3 Å². The van der Waals surface area contributed by atoms with Crippen molar-refractivity contribution >= 4 is 32.7 Å². The normalized spacial score (nSPS) is 17.5. The summed E-state index contributed by atoms with van der Waals surface area (Å²) in [6, 6.07) is 9.58. The van der Waals surface area contributed by atoms with Crippen LogP contribution in [0.5, 0.6) is 0 Å². The van der Waals surface area contributed by atoms with Gasteiger partial charge >= 0.3 is 0 Å². The van der Waals surface area contributed by atoms with Gasteiger partial charge in [-0.3, -0.25) is 19.1 Å². The molecule has 0 aliphatic carbocycles. The summed E-state index contributed by atoms with van der Waals surface area (Å²) in [5, 5.41) is 3.73. The molecule has 1 aliphatic rings. The Balaban J connectivity index is 1.59. The Bertz CT molecular complexity index is 1140. The van der Waals surface area contributed by atoms with E-state index >= 15 is 0 Å². The Morgan fingerprint density at radius 2 is 2.03 bits per heavy atom. The molecular weight excluding hydrogens is 412 g/mol. The fourth-order valence-corrected chi connectivity index (χ4v) is 4.87. The van der Waals surface area contributed by atoms with Crippen LogP contribution in [0.2, 0.25) is 0 Å². The number of benzene rings is 1. The number of fused-ring (bicyclic) bond motifs is 1. The second kappa shape index (κ2) is 8.76. The van der Waals surface area contributed by atoms with Gasteiger partial charge in [0, 0.05) is 20.1 Å². The lowest BCUT2D eigenvalue weighted by atomic mass is 10.2. The van der Waals surface area contributed by atoms with Crippen molar-refractivity contribution in [2.45, 2.75) is 38.4 Å². The second-order valence-corrected chi connectivity index (χ2v) is 9.13. The summed E-state index contributed by atoms with van der Waals surface area (Å²) in [7, 11) is 5.66. The molecule has 3 aromatic rings. The predicted octanol–water partition coefficient (Wildman–Crippen LogP) is 2.30. The van der Waals surface area contributed by atoms with Gasteiger partial charge < -0.3 is 10.2 Å². The first-order valence-corrected chi connectivity index (χ1v) is 11.3. The number of nitrogens with zero attached hydrogens (tertiary/aromatic N) is 5. The number of aromatic nitrogens is 3. The van der Waals surface area contributed by atoms with Crippen molar-refractivity contribution in [3.63, 3.8) is 0 Å². The monoisotopic (exact) mass is 440 g/mol. The number of amides is 1. The number of thiazole rings is 1. The number of hydrogen-bond donors (Lipinski definition) is 1. The van der Waals surface area contributed by atoms with Crippen molar-refractivity contribution in [1.82, 2.24) is 24.8 Å². The minimum atomic E-state index is -0.284. The highest BCUT2D eigenvalue weighted by atomic mass is 32.1. The van der Waals surface area contributed by atoms with Gasteiger partial charge in [0.05, 0.1) is 6.04 Å². The van der Waals surface area contributed by atoms with Crippen molar-refractivity contribution in [2.24, 2.45) is 7.05 Å². The minimum Gasteiger partial charge on any atom is -0.350 e. The summed E-state index contributed by atoms with van der Waals surface area (Å²) in [6.07, 6.45) is 1.68. The van der Waals surface area contributed by atoms with Gasteiger partial charge in [-0.1, -0.05) is 41.7 Å². The van der Waals surface area contributed by atoms with E-state index in [1.54, 1.807) is 11.6 Å². The maximum absolute atomic E-state index is 12.9. The third-order valence-corrected chi connectivity index (χ3v) is 6.91. The molecule has 4 rings (SSSR count). The van der Waals surface area contributed by atoms with Gasteiger partial charge in [-0.05, 0) is 39.4 Å². The van der Waals surface area contributed by atoms with Gasteiger partial charge in [-0.2, -0.15) is 0 Å². The lowest BCUT2D eigenvalue weighted by Gasteiger charge is -2.23. The van der Waals surface area contributed by atoms with E-state index in [9.17, 15) is 9.59 Å². The van der Waals surface area contributed by atoms with Crippen LogP contribution in [0.25, 0.3) is 10.3 Å². The highest BCUT2D eigenvalue weighted by Crippen LogP contribution is 2.32. The van der Waals surface area contributed by atoms with E-state index in [1.807, 2.05) is 61.2 Å². The highest BCUT2D eigenvalue weighted by Gasteiger charge is 2.33. The van der Waals surface area contributed by atoms with Crippen molar-refractivity contribution < 1.29 is 4.79 Å². The summed E-state index contributed by atoms with van der Waals surface area (Å²) in [4.78, 5) is 39.8. The zero-order valence-corrected chi connectivity index (χ0v) is 19.1. The van der Waals surface area contributed by atoms with E-state index < -0.39 is 0 Å². The molecule has 2 atom stereocenters. The molecule has 1 saturated heterocycles. The molecule has 0 bridgehead atoms. The lowest BCUT2D eigenvalue weighted by Crippen LogP contribution is -2.43. The molecule has 0 spiro atoms. The third-order valence-electron chi connectivity index (χ3n) is 5.92. The molecule has 1 N–H and O–H groups in total. The van der Waals surface area contributed by atoms with Gasteiger partial charge in [0.1, 0.15) is 11.9 Å². The fraction of sp³-hybridized carbons (Fsp3) is 0.455. The number of carbonyl (C=O) groups excluding carboxylic acids is 1. The van der Waals surface area contributed by atoms with Crippen LogP contribution in [-0.4, -0.2) is 52.0 Å². The maximum Gasteiger partial charge on any atom is 0.280 e. The SMILES string of the molecule is C[C@@H](c1nc2sc(N3CCC[C@@H]3C(=O)NCc3ccccc3)nc2c(=O)n1C)N(C)C. The summed E-state index contributed by atoms with van der Waals surface area (Å²) >= 11 is 1.39. The first kappa shape index (κ1) is 21.5. The van der Waals surface area contributed by atoms with Crippen LogP contribution in [0, 0.1) is 0 Å². The number of rotatable bonds is 6. The van der Waals surface area contributed by atoms with Gasteiger partial charge in [0.25, 0.3) is 5.56 Å². The number of nitrogens with one attached hydrogen (secondary N) is 1. The van der Waals surface area contributed by atoms with Crippen molar-refractivity contribution in [2.75, 3.05) is 25.5 Å². The molecular formula is C22H28N6O2S. The molecule has 164 valence electrons. The minimum absolute atomic E-state index is 0.00375. The zero-order valence-electron chi connectivity index (χ0n) is 18.3. The first-order chi connectivity index (χ1) is 14.9. The van der Waals surface area contributed by atoms with Crippen LogP contribution in [0.1, 0.15) is 37.2 Å². The standard InChI is InChI=1S/C22H28N6O2S/c1-14(26(2)3)18-25-20-17(21(30)27(18)4)24-22(31-20)28-12-8-11-16(28)19(29)23-13-15-9-6-5-7-10-15/h5-7,9-10,14,16H,8,11-13H2,1-4H3,(H,23,29)/t14-,16+/m0/s1. The smallest absolute Gasteiger partial charge is 0.280 e. The molecule has 1 amide bonds. The molecule has 2 aromatic heterocycles. The van der Waals surface area contributed by atoms with E-state index in [4.69, 9.17) is 4.98 Å².